The number of carboxylic acids is 1. The standard InChI is InChI=1S/C29H28F3N5O9/c1-44-19-9-3-16(4-10-19)13-20(26(42)37-12-11-36(15-22(38)39)27(43)21(37)14-23(40)45-2)33-25(41)18-7-5-17(6-8-18)24-34-28(46-35-24)29(30,31)32/h3-10,20-21H,11-15H2,1-2H3,(H,33,41)(H,38,39)/t20-,21-/m0/s1. The number of aromatic nitrogens is 2. The van der Waals surface area contributed by atoms with Gasteiger partial charge < -0.3 is 34.2 Å². The number of esters is 1. The number of nitrogens with one attached hydrogen (secondary N) is 1. The van der Waals surface area contributed by atoms with Gasteiger partial charge in [0.1, 0.15) is 24.4 Å². The summed E-state index contributed by atoms with van der Waals surface area (Å²) in [7, 11) is 2.58. The van der Waals surface area contributed by atoms with Crippen LogP contribution in [0.1, 0.15) is 28.2 Å². The van der Waals surface area contributed by atoms with E-state index in [0.29, 0.717) is 11.3 Å². The first-order valence-electron chi connectivity index (χ1n) is 13.6. The molecule has 4 rings (SSSR count). The van der Waals surface area contributed by atoms with Crippen LogP contribution in [0.3, 0.4) is 0 Å². The molecule has 17 heteroatoms. The van der Waals surface area contributed by atoms with Gasteiger partial charge in [-0.25, -0.2) is 0 Å². The maximum absolute atomic E-state index is 14.0. The molecular weight excluding hydrogens is 619 g/mol. The molecule has 0 aliphatic carbocycles. The second-order valence-corrected chi connectivity index (χ2v) is 10.1. The number of nitrogens with zero attached hydrogens (tertiary/aromatic N) is 4. The lowest BCUT2D eigenvalue weighted by molar-refractivity contribution is -0.159. The number of alkyl halides is 3. The Bertz CT molecular complexity index is 1590. The lowest BCUT2D eigenvalue weighted by Crippen LogP contribution is -2.63. The van der Waals surface area contributed by atoms with Crippen molar-refractivity contribution in [1.29, 1.82) is 0 Å². The van der Waals surface area contributed by atoms with Gasteiger partial charge in [-0.2, -0.15) is 18.2 Å². The van der Waals surface area contributed by atoms with E-state index in [2.05, 4.69) is 24.7 Å². The number of carboxylic acid groups (broad SMARTS) is 1. The van der Waals surface area contributed by atoms with Crippen LogP contribution in [0.15, 0.2) is 53.1 Å². The van der Waals surface area contributed by atoms with Gasteiger partial charge in [0, 0.05) is 30.6 Å². The Morgan fingerprint density at radius 3 is 2.30 bits per heavy atom. The number of hydrogen-bond acceptors (Lipinski definition) is 10. The Hall–Kier alpha value is -5.48. The zero-order chi connectivity index (χ0) is 33.6. The fraction of sp³-hybridized carbons (Fsp3) is 0.345. The number of hydrogen-bond donors (Lipinski definition) is 2. The topological polar surface area (TPSA) is 181 Å². The number of piperazine rings is 1. The smallest absolute Gasteiger partial charge is 0.471 e. The van der Waals surface area contributed by atoms with E-state index >= 15 is 0 Å². The Labute approximate surface area is 259 Å². The highest BCUT2D eigenvalue weighted by Gasteiger charge is 2.42. The number of aliphatic carboxylic acids is 1. The molecule has 0 unspecified atom stereocenters. The number of carbonyl (C=O) groups is 5. The summed E-state index contributed by atoms with van der Waals surface area (Å²) in [6.07, 6.45) is -5.43. The second kappa shape index (κ2) is 14.1. The van der Waals surface area contributed by atoms with Crippen molar-refractivity contribution >= 4 is 29.7 Å². The fourth-order valence-electron chi connectivity index (χ4n) is 4.73. The van der Waals surface area contributed by atoms with E-state index in [9.17, 15) is 42.3 Å². The molecule has 14 nitrogen and oxygen atoms in total. The van der Waals surface area contributed by atoms with E-state index in [1.54, 1.807) is 24.3 Å². The first-order chi connectivity index (χ1) is 21.8. The predicted octanol–water partition coefficient (Wildman–Crippen LogP) is 1.79. The Morgan fingerprint density at radius 1 is 1.07 bits per heavy atom. The van der Waals surface area contributed by atoms with Gasteiger partial charge in [-0.3, -0.25) is 24.0 Å². The Kier molecular flexibility index (Phi) is 10.2. The average Bonchev–Trinajstić information content (AvgIpc) is 3.54. The van der Waals surface area contributed by atoms with E-state index in [1.807, 2.05) is 0 Å². The van der Waals surface area contributed by atoms with Crippen molar-refractivity contribution in [2.75, 3.05) is 33.9 Å². The normalized spacial score (nSPS) is 15.7. The van der Waals surface area contributed by atoms with E-state index < -0.39 is 66.8 Å². The van der Waals surface area contributed by atoms with Crippen LogP contribution in [0.5, 0.6) is 5.75 Å². The van der Waals surface area contributed by atoms with Crippen LogP contribution in [0, 0.1) is 0 Å². The molecule has 0 bridgehead atoms. The molecule has 2 atom stereocenters. The number of carbonyl (C=O) groups excluding carboxylic acids is 4. The lowest BCUT2D eigenvalue weighted by Gasteiger charge is -2.41. The molecule has 3 amide bonds. The maximum atomic E-state index is 14.0. The number of amides is 3. The van der Waals surface area contributed by atoms with E-state index in [0.717, 1.165) is 16.9 Å². The summed E-state index contributed by atoms with van der Waals surface area (Å²) in [6.45, 7) is -0.902. The van der Waals surface area contributed by atoms with E-state index in [4.69, 9.17) is 4.74 Å². The van der Waals surface area contributed by atoms with E-state index in [1.165, 1.54) is 31.4 Å². The third-order valence-electron chi connectivity index (χ3n) is 7.06. The van der Waals surface area contributed by atoms with Gasteiger partial charge in [0.2, 0.25) is 17.6 Å². The van der Waals surface area contributed by atoms with Crippen LogP contribution in [0.4, 0.5) is 13.2 Å². The van der Waals surface area contributed by atoms with Crippen molar-refractivity contribution in [3.8, 4) is 17.1 Å². The van der Waals surface area contributed by atoms with Gasteiger partial charge in [0.05, 0.1) is 20.6 Å². The number of ether oxygens (including phenoxy) is 2. The molecule has 0 radical (unpaired) electrons. The highest BCUT2D eigenvalue weighted by Crippen LogP contribution is 2.29. The van der Waals surface area contributed by atoms with Crippen molar-refractivity contribution in [3.05, 3.63) is 65.5 Å². The summed E-state index contributed by atoms with van der Waals surface area (Å²) in [6, 6.07) is 9.14. The van der Waals surface area contributed by atoms with Crippen LogP contribution in [-0.4, -0.2) is 101 Å². The molecule has 46 heavy (non-hydrogen) atoms. The van der Waals surface area contributed by atoms with Gasteiger partial charge in [0.15, 0.2) is 0 Å². The SMILES string of the molecule is COC(=O)C[C@H]1C(=O)N(CC(=O)O)CCN1C(=O)[C@H](Cc1ccc(OC)cc1)NC(=O)c1ccc(-c2noc(C(F)(F)F)n2)cc1. The summed E-state index contributed by atoms with van der Waals surface area (Å²) in [5.74, 6) is -5.65. The van der Waals surface area contributed by atoms with E-state index in [-0.39, 0.29) is 36.5 Å². The average molecular weight is 648 g/mol. The Balaban J connectivity index is 1.60. The highest BCUT2D eigenvalue weighted by molar-refractivity contribution is 5.99. The third kappa shape index (κ3) is 7.96. The largest absolute Gasteiger partial charge is 0.497 e. The molecule has 1 fully saturated rings. The minimum Gasteiger partial charge on any atom is -0.497 e. The van der Waals surface area contributed by atoms with Crippen molar-refractivity contribution in [1.82, 2.24) is 25.3 Å². The van der Waals surface area contributed by atoms with Gasteiger partial charge in [-0.15, -0.1) is 0 Å². The summed E-state index contributed by atoms with van der Waals surface area (Å²) < 4.78 is 52.6. The molecule has 244 valence electrons. The minimum absolute atomic E-state index is 0.0317. The molecule has 1 saturated heterocycles. The molecule has 2 heterocycles. The van der Waals surface area contributed by atoms with Gasteiger partial charge >= 0.3 is 24.0 Å². The third-order valence-corrected chi connectivity index (χ3v) is 7.06. The first kappa shape index (κ1) is 33.4. The predicted molar refractivity (Wildman–Crippen MR) is 149 cm³/mol. The van der Waals surface area contributed by atoms with Crippen LogP contribution >= 0.6 is 0 Å². The zero-order valence-corrected chi connectivity index (χ0v) is 24.4. The first-order valence-corrected chi connectivity index (χ1v) is 13.6. The minimum atomic E-state index is -4.83. The summed E-state index contributed by atoms with van der Waals surface area (Å²) >= 11 is 0. The fourth-order valence-corrected chi connectivity index (χ4v) is 4.73. The molecule has 2 N–H and O–H groups in total. The van der Waals surface area contributed by atoms with Crippen molar-refractivity contribution in [2.24, 2.45) is 0 Å². The molecule has 3 aromatic rings. The van der Waals surface area contributed by atoms with Gasteiger partial charge in [-0.1, -0.05) is 29.4 Å². The van der Waals surface area contributed by atoms with Crippen LogP contribution in [0.25, 0.3) is 11.4 Å². The second-order valence-electron chi connectivity index (χ2n) is 10.1. The molecule has 1 aromatic heterocycles. The van der Waals surface area contributed by atoms with Gasteiger partial charge in [-0.05, 0) is 29.8 Å². The van der Waals surface area contributed by atoms with Crippen molar-refractivity contribution in [2.45, 2.75) is 31.1 Å². The number of benzene rings is 2. The molecule has 0 saturated carbocycles. The number of halogens is 3. The quantitative estimate of drug-likeness (QED) is 0.290. The Morgan fingerprint density at radius 2 is 1.74 bits per heavy atom. The maximum Gasteiger partial charge on any atom is 0.471 e. The van der Waals surface area contributed by atoms with Gasteiger partial charge in [0.25, 0.3) is 5.91 Å². The molecule has 2 aromatic carbocycles. The monoisotopic (exact) mass is 647 g/mol. The highest BCUT2D eigenvalue weighted by atomic mass is 19.4. The number of rotatable bonds is 11. The number of methoxy groups -OCH3 is 2. The summed E-state index contributed by atoms with van der Waals surface area (Å²) in [5.41, 5.74) is 0.766. The van der Waals surface area contributed by atoms with Crippen molar-refractivity contribution < 1.29 is 56.2 Å². The van der Waals surface area contributed by atoms with Crippen molar-refractivity contribution in [3.63, 3.8) is 0 Å². The van der Waals surface area contributed by atoms with Crippen LogP contribution < -0.4 is 10.1 Å². The molecule has 1 aliphatic heterocycles. The molecule has 1 aliphatic rings. The lowest BCUT2D eigenvalue weighted by atomic mass is 10.0. The summed E-state index contributed by atoms with van der Waals surface area (Å²) in [5, 5.41) is 15.2. The zero-order valence-electron chi connectivity index (χ0n) is 24.4. The molecule has 0 spiro atoms. The van der Waals surface area contributed by atoms with Crippen LogP contribution in [-0.2, 0) is 36.5 Å². The summed E-state index contributed by atoms with van der Waals surface area (Å²) in [4.78, 5) is 69.5. The van der Waals surface area contributed by atoms with Crippen LogP contribution in [0.2, 0.25) is 0 Å². The molecular formula is C29H28F3N5O9.